The number of ether oxygens (including phenoxy) is 1. The van der Waals surface area contributed by atoms with Gasteiger partial charge in [0.1, 0.15) is 6.61 Å². The lowest BCUT2D eigenvalue weighted by Gasteiger charge is -2.09. The number of rotatable bonds is 2. The van der Waals surface area contributed by atoms with Gasteiger partial charge in [0.25, 0.3) is 0 Å². The van der Waals surface area contributed by atoms with Crippen molar-refractivity contribution in [1.82, 2.24) is 0 Å². The topological polar surface area (TPSA) is 26.3 Å². The molecule has 0 aliphatic carbocycles. The van der Waals surface area contributed by atoms with E-state index in [1.807, 2.05) is 48.6 Å². The molecule has 0 aromatic heterocycles. The van der Waals surface area contributed by atoms with Gasteiger partial charge in [-0.05, 0) is 17.2 Å². The van der Waals surface area contributed by atoms with E-state index in [-0.39, 0.29) is 5.97 Å². The molecule has 2 nitrogen and oxygen atoms in total. The number of benzene rings is 1. The Morgan fingerprint density at radius 2 is 1.93 bits per heavy atom. The van der Waals surface area contributed by atoms with Crippen molar-refractivity contribution < 1.29 is 9.53 Å². The zero-order chi connectivity index (χ0) is 10.5. The van der Waals surface area contributed by atoms with Gasteiger partial charge in [-0.25, -0.2) is 0 Å². The van der Waals surface area contributed by atoms with E-state index in [0.717, 1.165) is 11.1 Å². The molecule has 15 heavy (non-hydrogen) atoms. The van der Waals surface area contributed by atoms with Gasteiger partial charge in [-0.3, -0.25) is 4.79 Å². The molecule has 0 saturated heterocycles. The Morgan fingerprint density at radius 3 is 2.67 bits per heavy atom. The monoisotopic (exact) mass is 200 g/mol. The Morgan fingerprint density at radius 1 is 1.13 bits per heavy atom. The Kier molecular flexibility index (Phi) is 2.98. The summed E-state index contributed by atoms with van der Waals surface area (Å²) in [6.45, 7) is 0.396. The predicted molar refractivity (Wildman–Crippen MR) is 59.1 cm³/mol. The maximum absolute atomic E-state index is 11.0. The van der Waals surface area contributed by atoms with Crippen molar-refractivity contribution in [2.75, 3.05) is 6.61 Å². The molecule has 0 saturated carbocycles. The van der Waals surface area contributed by atoms with Crippen LogP contribution in [0.5, 0.6) is 0 Å². The largest absolute Gasteiger partial charge is 0.461 e. The molecular weight excluding hydrogens is 188 g/mol. The molecular formula is C13H12O2. The highest BCUT2D eigenvalue weighted by molar-refractivity contribution is 5.75. The summed E-state index contributed by atoms with van der Waals surface area (Å²) in [6, 6.07) is 10.0. The number of allylic oxidation sites excluding steroid dienone is 1. The number of carbonyl (C=O) groups is 1. The van der Waals surface area contributed by atoms with Crippen LogP contribution < -0.4 is 0 Å². The molecule has 1 aliphatic rings. The first-order chi connectivity index (χ1) is 7.34. The molecule has 0 radical (unpaired) electrons. The van der Waals surface area contributed by atoms with E-state index in [2.05, 4.69) is 0 Å². The van der Waals surface area contributed by atoms with Crippen LogP contribution >= 0.6 is 0 Å². The first-order valence-corrected chi connectivity index (χ1v) is 4.92. The third-order valence-electron chi connectivity index (χ3n) is 2.23. The first kappa shape index (κ1) is 9.71. The minimum Gasteiger partial charge on any atom is -0.461 e. The van der Waals surface area contributed by atoms with Gasteiger partial charge in [0, 0.05) is 0 Å². The van der Waals surface area contributed by atoms with Gasteiger partial charge in [0.05, 0.1) is 6.42 Å². The van der Waals surface area contributed by atoms with E-state index in [1.54, 1.807) is 0 Å². The van der Waals surface area contributed by atoms with Gasteiger partial charge in [-0.2, -0.15) is 0 Å². The minimum absolute atomic E-state index is 0.148. The van der Waals surface area contributed by atoms with E-state index in [1.165, 1.54) is 0 Å². The molecule has 0 amide bonds. The molecule has 0 spiro atoms. The molecule has 0 atom stereocenters. The lowest BCUT2D eigenvalue weighted by atomic mass is 10.1. The summed E-state index contributed by atoms with van der Waals surface area (Å²) >= 11 is 0. The Bertz CT molecular complexity index is 402. The molecule has 76 valence electrons. The fourth-order valence-electron chi connectivity index (χ4n) is 1.43. The van der Waals surface area contributed by atoms with Crippen molar-refractivity contribution in [2.24, 2.45) is 0 Å². The molecule has 1 aromatic rings. The second-order valence-electron chi connectivity index (χ2n) is 3.38. The Hall–Kier alpha value is -1.83. The van der Waals surface area contributed by atoms with Gasteiger partial charge in [0.15, 0.2) is 0 Å². The highest BCUT2D eigenvalue weighted by Gasteiger charge is 2.09. The van der Waals surface area contributed by atoms with Crippen LogP contribution in [0.25, 0.3) is 6.08 Å². The summed E-state index contributed by atoms with van der Waals surface area (Å²) in [7, 11) is 0. The summed E-state index contributed by atoms with van der Waals surface area (Å²) in [6.07, 6.45) is 6.28. The van der Waals surface area contributed by atoms with Crippen LogP contribution in [0.15, 0.2) is 48.1 Å². The van der Waals surface area contributed by atoms with Crippen molar-refractivity contribution in [3.63, 3.8) is 0 Å². The molecule has 1 heterocycles. The van der Waals surface area contributed by atoms with Gasteiger partial charge >= 0.3 is 5.97 Å². The summed E-state index contributed by atoms with van der Waals surface area (Å²) in [5.41, 5.74) is 2.16. The van der Waals surface area contributed by atoms with E-state index in [4.69, 9.17) is 4.74 Å². The second-order valence-corrected chi connectivity index (χ2v) is 3.38. The van der Waals surface area contributed by atoms with Crippen LogP contribution in [-0.4, -0.2) is 12.6 Å². The Balaban J connectivity index is 2.06. The lowest BCUT2D eigenvalue weighted by molar-refractivity contribution is -0.142. The summed E-state index contributed by atoms with van der Waals surface area (Å²) in [4.78, 5) is 11.0. The van der Waals surface area contributed by atoms with Gasteiger partial charge in [-0.1, -0.05) is 42.5 Å². The maximum Gasteiger partial charge on any atom is 0.310 e. The van der Waals surface area contributed by atoms with Crippen LogP contribution in [0.3, 0.4) is 0 Å². The fourth-order valence-corrected chi connectivity index (χ4v) is 1.43. The molecule has 0 N–H and O–H groups in total. The van der Waals surface area contributed by atoms with E-state index >= 15 is 0 Å². The molecule has 0 fully saturated rings. The predicted octanol–water partition coefficient (Wildman–Crippen LogP) is 2.57. The number of carbonyl (C=O) groups excluding carboxylic acids is 1. The second kappa shape index (κ2) is 4.60. The van der Waals surface area contributed by atoms with Crippen molar-refractivity contribution in [3.8, 4) is 0 Å². The van der Waals surface area contributed by atoms with Crippen molar-refractivity contribution in [2.45, 2.75) is 6.42 Å². The highest BCUT2D eigenvalue weighted by atomic mass is 16.5. The summed E-state index contributed by atoms with van der Waals surface area (Å²) in [5.74, 6) is -0.148. The molecule has 0 unspecified atom stereocenters. The van der Waals surface area contributed by atoms with Crippen LogP contribution in [0.2, 0.25) is 0 Å². The van der Waals surface area contributed by atoms with Crippen LogP contribution in [0.4, 0.5) is 0 Å². The van der Waals surface area contributed by atoms with Crippen molar-refractivity contribution in [3.05, 3.63) is 53.6 Å². The van der Waals surface area contributed by atoms with E-state index in [0.29, 0.717) is 13.0 Å². The smallest absolute Gasteiger partial charge is 0.310 e. The van der Waals surface area contributed by atoms with E-state index < -0.39 is 0 Å². The van der Waals surface area contributed by atoms with Crippen LogP contribution in [-0.2, 0) is 9.53 Å². The normalized spacial score (nSPS) is 16.3. The van der Waals surface area contributed by atoms with Crippen LogP contribution in [0, 0.1) is 0 Å². The van der Waals surface area contributed by atoms with Crippen molar-refractivity contribution in [1.29, 1.82) is 0 Å². The number of esters is 1. The number of hydrogen-bond acceptors (Lipinski definition) is 2. The van der Waals surface area contributed by atoms with Gasteiger partial charge < -0.3 is 4.74 Å². The maximum atomic E-state index is 11.0. The van der Waals surface area contributed by atoms with E-state index in [9.17, 15) is 4.79 Å². The average Bonchev–Trinajstić information content (AvgIpc) is 2.28. The SMILES string of the molecule is O=C1CC(/C=C/c2ccccc2)=CCO1. The fraction of sp³-hybridized carbons (Fsp3) is 0.154. The molecule has 1 aromatic carbocycles. The zero-order valence-corrected chi connectivity index (χ0v) is 8.35. The first-order valence-electron chi connectivity index (χ1n) is 4.92. The molecule has 1 aliphatic heterocycles. The number of cyclic esters (lactones) is 1. The number of hydrogen-bond donors (Lipinski definition) is 0. The third-order valence-corrected chi connectivity index (χ3v) is 2.23. The Labute approximate surface area is 88.9 Å². The summed E-state index contributed by atoms with van der Waals surface area (Å²) in [5, 5.41) is 0. The summed E-state index contributed by atoms with van der Waals surface area (Å²) < 4.78 is 4.81. The molecule has 2 rings (SSSR count). The average molecular weight is 200 g/mol. The zero-order valence-electron chi connectivity index (χ0n) is 8.35. The quantitative estimate of drug-likeness (QED) is 0.686. The lowest BCUT2D eigenvalue weighted by Crippen LogP contribution is -2.10. The standard InChI is InChI=1S/C13H12O2/c14-13-10-12(8-9-15-13)7-6-11-4-2-1-3-5-11/h1-8H,9-10H2/b7-6+. The van der Waals surface area contributed by atoms with Gasteiger partial charge in [-0.15, -0.1) is 0 Å². The minimum atomic E-state index is -0.148. The van der Waals surface area contributed by atoms with Gasteiger partial charge in [0.2, 0.25) is 0 Å². The van der Waals surface area contributed by atoms with Crippen molar-refractivity contribution >= 4 is 12.0 Å². The molecule has 0 bridgehead atoms. The van der Waals surface area contributed by atoms with Crippen LogP contribution in [0.1, 0.15) is 12.0 Å². The highest BCUT2D eigenvalue weighted by Crippen LogP contribution is 2.12. The molecule has 2 heteroatoms. The third kappa shape index (κ3) is 2.81.